The maximum atomic E-state index is 11.2. The third-order valence-corrected chi connectivity index (χ3v) is 4.79. The predicted molar refractivity (Wildman–Crippen MR) is 86.9 cm³/mol. The van der Waals surface area contributed by atoms with Gasteiger partial charge in [-0.2, -0.15) is 16.8 Å². The fraction of sp³-hybridized carbons (Fsp3) is 0. The quantitative estimate of drug-likeness (QED) is 0.252. The molecule has 0 fully saturated rings. The highest BCUT2D eigenvalue weighted by molar-refractivity contribution is 7.86. The summed E-state index contributed by atoms with van der Waals surface area (Å²) < 4.78 is 62.7. The molecule has 0 aliphatic carbocycles. The van der Waals surface area contributed by atoms with Gasteiger partial charge in [-0.3, -0.25) is 19.2 Å². The summed E-state index contributed by atoms with van der Waals surface area (Å²) in [5, 5.41) is 13.6. The molecule has 13 heteroatoms. The number of anilines is 3. The molecule has 0 saturated heterocycles. The number of nitro benzene ring substituents is 1. The molecule has 25 heavy (non-hydrogen) atoms. The molecule has 0 aliphatic rings. The number of nitrogens with zero attached hydrogens (tertiary/aromatic N) is 1. The summed E-state index contributed by atoms with van der Waals surface area (Å²) in [4.78, 5) is 8.93. The van der Waals surface area contributed by atoms with Gasteiger partial charge < -0.3 is 11.1 Å². The van der Waals surface area contributed by atoms with Crippen LogP contribution in [0.5, 0.6) is 0 Å². The fourth-order valence-electron chi connectivity index (χ4n) is 1.92. The number of hydrogen-bond donors (Lipinski definition) is 4. The molecule has 0 spiro atoms. The van der Waals surface area contributed by atoms with E-state index >= 15 is 0 Å². The van der Waals surface area contributed by atoms with Crippen LogP contribution in [0.2, 0.25) is 0 Å². The predicted octanol–water partition coefficient (Wildman–Crippen LogP) is 1.41. The molecular weight excluding hydrogens is 378 g/mol. The largest absolute Gasteiger partial charge is 0.398 e. The lowest BCUT2D eigenvalue weighted by molar-refractivity contribution is -0.384. The Kier molecular flexibility index (Phi) is 4.68. The lowest BCUT2D eigenvalue weighted by Crippen LogP contribution is -2.05. The van der Waals surface area contributed by atoms with Crippen molar-refractivity contribution in [2.24, 2.45) is 0 Å². The number of benzene rings is 2. The zero-order chi connectivity index (χ0) is 19.0. The van der Waals surface area contributed by atoms with E-state index in [1.807, 2.05) is 0 Å². The minimum Gasteiger partial charge on any atom is -0.398 e. The van der Waals surface area contributed by atoms with Crippen LogP contribution in [0.4, 0.5) is 22.7 Å². The van der Waals surface area contributed by atoms with E-state index in [0.29, 0.717) is 6.07 Å². The number of nitrogen functional groups attached to an aromatic ring is 1. The topological polar surface area (TPSA) is 190 Å². The third kappa shape index (κ3) is 4.21. The van der Waals surface area contributed by atoms with E-state index in [9.17, 15) is 26.9 Å². The van der Waals surface area contributed by atoms with E-state index < -0.39 is 40.6 Å². The molecule has 5 N–H and O–H groups in total. The van der Waals surface area contributed by atoms with Gasteiger partial charge in [-0.15, -0.1) is 0 Å². The first kappa shape index (κ1) is 18.6. The minimum absolute atomic E-state index is 0.0320. The van der Waals surface area contributed by atoms with E-state index in [2.05, 4.69) is 5.32 Å². The van der Waals surface area contributed by atoms with Gasteiger partial charge in [0.25, 0.3) is 25.9 Å². The standard InChI is InChI=1S/C12H11N3O8S2/c13-9-3-1-7(5-12(9)25(21,22)23)14-10-4-2-8(24(18,19)20)6-11(10)15(16)17/h1-6,14H,13H2,(H,18,19,20)(H,21,22,23). The van der Waals surface area contributed by atoms with Crippen LogP contribution in [-0.4, -0.2) is 30.9 Å². The molecule has 0 unspecified atom stereocenters. The van der Waals surface area contributed by atoms with Gasteiger partial charge in [0.15, 0.2) is 0 Å². The average Bonchev–Trinajstić information content (AvgIpc) is 2.47. The van der Waals surface area contributed by atoms with E-state index in [4.69, 9.17) is 14.8 Å². The van der Waals surface area contributed by atoms with Crippen LogP contribution in [0, 0.1) is 10.1 Å². The van der Waals surface area contributed by atoms with Crippen molar-refractivity contribution in [1.29, 1.82) is 0 Å². The summed E-state index contributed by atoms with van der Waals surface area (Å²) >= 11 is 0. The molecule has 0 aliphatic heterocycles. The average molecular weight is 389 g/mol. The van der Waals surface area contributed by atoms with Crippen molar-refractivity contribution in [3.63, 3.8) is 0 Å². The van der Waals surface area contributed by atoms with Crippen LogP contribution in [0.15, 0.2) is 46.2 Å². The molecule has 0 amide bonds. The molecule has 2 aromatic rings. The molecule has 0 aromatic heterocycles. The van der Waals surface area contributed by atoms with Gasteiger partial charge in [-0.05, 0) is 30.3 Å². The van der Waals surface area contributed by atoms with Crippen molar-refractivity contribution in [3.8, 4) is 0 Å². The van der Waals surface area contributed by atoms with E-state index in [1.165, 1.54) is 6.07 Å². The van der Waals surface area contributed by atoms with E-state index in [1.54, 1.807) is 0 Å². The molecular formula is C12H11N3O8S2. The van der Waals surface area contributed by atoms with Gasteiger partial charge in [-0.1, -0.05) is 0 Å². The molecule has 0 bridgehead atoms. The van der Waals surface area contributed by atoms with Crippen molar-refractivity contribution in [3.05, 3.63) is 46.5 Å². The van der Waals surface area contributed by atoms with Crippen molar-refractivity contribution in [2.45, 2.75) is 9.79 Å². The van der Waals surface area contributed by atoms with Crippen molar-refractivity contribution in [2.75, 3.05) is 11.1 Å². The smallest absolute Gasteiger partial charge is 0.296 e. The SMILES string of the molecule is Nc1ccc(Nc2ccc(S(=O)(=O)O)cc2[N+](=O)[O-])cc1S(=O)(=O)O. The highest BCUT2D eigenvalue weighted by Gasteiger charge is 2.21. The van der Waals surface area contributed by atoms with Gasteiger partial charge in [0, 0.05) is 11.8 Å². The van der Waals surface area contributed by atoms with Gasteiger partial charge in [0.1, 0.15) is 15.5 Å². The van der Waals surface area contributed by atoms with Crippen LogP contribution in [0.1, 0.15) is 0 Å². The molecule has 134 valence electrons. The zero-order valence-corrected chi connectivity index (χ0v) is 13.8. The van der Waals surface area contributed by atoms with E-state index in [-0.39, 0.29) is 17.1 Å². The summed E-state index contributed by atoms with van der Waals surface area (Å²) in [5.74, 6) is 0. The number of rotatable bonds is 5. The normalized spacial score (nSPS) is 11.9. The Balaban J connectivity index is 2.53. The maximum Gasteiger partial charge on any atom is 0.296 e. The van der Waals surface area contributed by atoms with Gasteiger partial charge in [0.05, 0.1) is 10.6 Å². The van der Waals surface area contributed by atoms with Gasteiger partial charge in [-0.25, -0.2) is 0 Å². The molecule has 0 atom stereocenters. The molecule has 2 rings (SSSR count). The maximum absolute atomic E-state index is 11.2. The Morgan fingerprint density at radius 2 is 1.64 bits per heavy atom. The summed E-state index contributed by atoms with van der Waals surface area (Å²) in [5.41, 5.74) is 4.39. The summed E-state index contributed by atoms with van der Waals surface area (Å²) in [7, 11) is -9.25. The highest BCUT2D eigenvalue weighted by Crippen LogP contribution is 2.31. The minimum atomic E-state index is -4.64. The Morgan fingerprint density at radius 3 is 2.16 bits per heavy atom. The lowest BCUT2D eigenvalue weighted by atomic mass is 10.2. The van der Waals surface area contributed by atoms with Crippen LogP contribution in [-0.2, 0) is 20.2 Å². The van der Waals surface area contributed by atoms with Crippen molar-refractivity contribution in [1.82, 2.24) is 0 Å². The summed E-state index contributed by atoms with van der Waals surface area (Å²) in [6.45, 7) is 0. The van der Waals surface area contributed by atoms with Crippen LogP contribution >= 0.6 is 0 Å². The highest BCUT2D eigenvalue weighted by atomic mass is 32.2. The number of hydrogen-bond acceptors (Lipinski definition) is 8. The monoisotopic (exact) mass is 389 g/mol. The summed E-state index contributed by atoms with van der Waals surface area (Å²) in [6.07, 6.45) is 0. The van der Waals surface area contributed by atoms with E-state index in [0.717, 1.165) is 24.3 Å². The Labute approximate surface area is 141 Å². The fourth-order valence-corrected chi connectivity index (χ4v) is 3.06. The first-order chi connectivity index (χ1) is 11.4. The van der Waals surface area contributed by atoms with Crippen molar-refractivity contribution < 1.29 is 30.9 Å². The molecule has 0 saturated carbocycles. The molecule has 11 nitrogen and oxygen atoms in total. The van der Waals surface area contributed by atoms with Gasteiger partial charge in [0.2, 0.25) is 0 Å². The van der Waals surface area contributed by atoms with Gasteiger partial charge >= 0.3 is 0 Å². The molecule has 0 radical (unpaired) electrons. The Hall–Kier alpha value is -2.74. The number of nitro groups is 1. The Bertz CT molecular complexity index is 1060. The molecule has 0 heterocycles. The molecule has 2 aromatic carbocycles. The van der Waals surface area contributed by atoms with Crippen LogP contribution in [0.3, 0.4) is 0 Å². The second kappa shape index (κ2) is 6.29. The van der Waals surface area contributed by atoms with Crippen LogP contribution in [0.25, 0.3) is 0 Å². The number of nitrogens with one attached hydrogen (secondary N) is 1. The first-order valence-corrected chi connectivity index (χ1v) is 9.17. The first-order valence-electron chi connectivity index (χ1n) is 6.29. The second-order valence-electron chi connectivity index (χ2n) is 4.76. The Morgan fingerprint density at radius 1 is 1.00 bits per heavy atom. The number of nitrogens with two attached hydrogens (primary N) is 1. The second-order valence-corrected chi connectivity index (χ2v) is 7.58. The third-order valence-electron chi connectivity index (χ3n) is 3.03. The zero-order valence-electron chi connectivity index (χ0n) is 12.1. The summed E-state index contributed by atoms with van der Waals surface area (Å²) in [6, 6.07) is 5.98. The van der Waals surface area contributed by atoms with Crippen molar-refractivity contribution >= 4 is 43.0 Å². The lowest BCUT2D eigenvalue weighted by Gasteiger charge is -2.10. The van der Waals surface area contributed by atoms with Crippen LogP contribution < -0.4 is 11.1 Å².